The number of ether oxygens (including phenoxy) is 1. The third-order valence-electron chi connectivity index (χ3n) is 2.32. The zero-order valence-corrected chi connectivity index (χ0v) is 10.7. The normalized spacial score (nSPS) is 17.8. The SMILES string of the molecule is CC1=NC(=Cc2cccc(S(C)(=O)=O)c2)C(=O)O1. The Labute approximate surface area is 105 Å². The molecule has 0 bridgehead atoms. The highest BCUT2D eigenvalue weighted by atomic mass is 32.2. The molecule has 1 heterocycles. The average molecular weight is 265 g/mol. The van der Waals surface area contributed by atoms with Crippen LogP contribution in [0.2, 0.25) is 0 Å². The van der Waals surface area contributed by atoms with Crippen LogP contribution < -0.4 is 0 Å². The van der Waals surface area contributed by atoms with Gasteiger partial charge in [0.05, 0.1) is 4.90 Å². The van der Waals surface area contributed by atoms with Crippen molar-refractivity contribution >= 4 is 27.8 Å². The number of cyclic esters (lactones) is 1. The highest BCUT2D eigenvalue weighted by Gasteiger charge is 2.19. The summed E-state index contributed by atoms with van der Waals surface area (Å²) >= 11 is 0. The van der Waals surface area contributed by atoms with Crippen molar-refractivity contribution in [1.82, 2.24) is 0 Å². The van der Waals surface area contributed by atoms with Gasteiger partial charge in [-0.2, -0.15) is 0 Å². The molecule has 0 unspecified atom stereocenters. The smallest absolute Gasteiger partial charge is 0.363 e. The Balaban J connectivity index is 2.42. The molecule has 0 radical (unpaired) electrons. The first-order valence-electron chi connectivity index (χ1n) is 5.15. The second kappa shape index (κ2) is 4.38. The number of sulfone groups is 1. The summed E-state index contributed by atoms with van der Waals surface area (Å²) in [5, 5.41) is 0. The molecule has 1 aliphatic rings. The molecule has 1 aromatic carbocycles. The second-order valence-electron chi connectivity index (χ2n) is 3.89. The lowest BCUT2D eigenvalue weighted by Gasteiger charge is -1.99. The molecule has 18 heavy (non-hydrogen) atoms. The lowest BCUT2D eigenvalue weighted by atomic mass is 10.2. The monoisotopic (exact) mass is 265 g/mol. The van der Waals surface area contributed by atoms with Gasteiger partial charge < -0.3 is 4.74 Å². The van der Waals surface area contributed by atoms with E-state index in [-0.39, 0.29) is 16.5 Å². The number of hydrogen-bond donors (Lipinski definition) is 0. The standard InChI is InChI=1S/C12H11NO4S/c1-8-13-11(12(14)17-8)7-9-4-3-5-10(6-9)18(2,15)16/h3-7H,1-2H3. The third-order valence-corrected chi connectivity index (χ3v) is 3.43. The van der Waals surface area contributed by atoms with E-state index in [1.54, 1.807) is 19.1 Å². The zero-order valence-electron chi connectivity index (χ0n) is 9.88. The highest BCUT2D eigenvalue weighted by molar-refractivity contribution is 7.90. The number of esters is 1. The van der Waals surface area contributed by atoms with Crippen LogP contribution >= 0.6 is 0 Å². The maximum absolute atomic E-state index is 11.4. The Morgan fingerprint density at radius 2 is 2.06 bits per heavy atom. The molecule has 0 saturated heterocycles. The fourth-order valence-electron chi connectivity index (χ4n) is 1.51. The van der Waals surface area contributed by atoms with Crippen LogP contribution in [-0.4, -0.2) is 26.5 Å². The van der Waals surface area contributed by atoms with Crippen LogP contribution in [0.5, 0.6) is 0 Å². The number of nitrogens with zero attached hydrogens (tertiary/aromatic N) is 1. The Hall–Kier alpha value is -1.95. The predicted molar refractivity (Wildman–Crippen MR) is 66.7 cm³/mol. The first-order chi connectivity index (χ1) is 8.36. The lowest BCUT2D eigenvalue weighted by molar-refractivity contribution is -0.130. The highest BCUT2D eigenvalue weighted by Crippen LogP contribution is 2.17. The second-order valence-corrected chi connectivity index (χ2v) is 5.91. The molecule has 0 amide bonds. The van der Waals surface area contributed by atoms with E-state index < -0.39 is 15.8 Å². The largest absolute Gasteiger partial charge is 0.407 e. The summed E-state index contributed by atoms with van der Waals surface area (Å²) in [4.78, 5) is 15.5. The Morgan fingerprint density at radius 3 is 2.61 bits per heavy atom. The minimum atomic E-state index is -3.26. The Kier molecular flexibility index (Phi) is 3.04. The molecule has 0 saturated carbocycles. The number of carbonyl (C=O) groups is 1. The summed E-state index contributed by atoms with van der Waals surface area (Å²) in [7, 11) is -3.26. The van der Waals surface area contributed by atoms with Gasteiger partial charge in [0.15, 0.2) is 21.4 Å². The number of benzene rings is 1. The van der Waals surface area contributed by atoms with Crippen LogP contribution in [0.15, 0.2) is 39.9 Å². The fourth-order valence-corrected chi connectivity index (χ4v) is 2.18. The van der Waals surface area contributed by atoms with Crippen molar-refractivity contribution in [3.63, 3.8) is 0 Å². The summed E-state index contributed by atoms with van der Waals surface area (Å²) in [5.74, 6) is -0.247. The molecule has 0 N–H and O–H groups in total. The average Bonchev–Trinajstić information content (AvgIpc) is 2.56. The van der Waals surface area contributed by atoms with Gasteiger partial charge in [0.2, 0.25) is 0 Å². The van der Waals surface area contributed by atoms with E-state index >= 15 is 0 Å². The van der Waals surface area contributed by atoms with Gasteiger partial charge in [0.25, 0.3) is 0 Å². The van der Waals surface area contributed by atoms with Gasteiger partial charge in [-0.05, 0) is 23.8 Å². The molecule has 5 nitrogen and oxygen atoms in total. The molecular formula is C12H11NO4S. The molecule has 0 aromatic heterocycles. The van der Waals surface area contributed by atoms with Crippen LogP contribution in [-0.2, 0) is 19.4 Å². The quantitative estimate of drug-likeness (QED) is 0.598. The summed E-state index contributed by atoms with van der Waals surface area (Å²) in [5.41, 5.74) is 0.751. The van der Waals surface area contributed by atoms with E-state index in [1.165, 1.54) is 18.2 Å². The molecule has 0 aliphatic carbocycles. The van der Waals surface area contributed by atoms with Crippen molar-refractivity contribution < 1.29 is 17.9 Å². The molecule has 94 valence electrons. The van der Waals surface area contributed by atoms with Gasteiger partial charge in [-0.3, -0.25) is 0 Å². The molecule has 0 spiro atoms. The van der Waals surface area contributed by atoms with Gasteiger partial charge in [0, 0.05) is 13.2 Å². The third kappa shape index (κ3) is 2.65. The first-order valence-corrected chi connectivity index (χ1v) is 7.05. The number of carbonyl (C=O) groups excluding carboxylic acids is 1. The van der Waals surface area contributed by atoms with Gasteiger partial charge in [-0.15, -0.1) is 0 Å². The van der Waals surface area contributed by atoms with Gasteiger partial charge in [-0.1, -0.05) is 12.1 Å². The Morgan fingerprint density at radius 1 is 1.33 bits per heavy atom. The minimum absolute atomic E-state index is 0.165. The molecule has 1 aromatic rings. The van der Waals surface area contributed by atoms with E-state index in [0.717, 1.165) is 6.26 Å². The van der Waals surface area contributed by atoms with Gasteiger partial charge in [-0.25, -0.2) is 18.2 Å². The molecule has 6 heteroatoms. The maximum atomic E-state index is 11.4. The molecule has 0 fully saturated rings. The number of aliphatic imine (C=N–C) groups is 1. The Bertz CT molecular complexity index is 671. The van der Waals surface area contributed by atoms with Crippen molar-refractivity contribution in [2.24, 2.45) is 4.99 Å². The van der Waals surface area contributed by atoms with Crippen LogP contribution in [0.25, 0.3) is 6.08 Å². The van der Waals surface area contributed by atoms with Crippen LogP contribution in [0.4, 0.5) is 0 Å². The predicted octanol–water partition coefficient (Wildman–Crippen LogP) is 1.41. The number of rotatable bonds is 2. The van der Waals surface area contributed by atoms with Crippen LogP contribution in [0.1, 0.15) is 12.5 Å². The van der Waals surface area contributed by atoms with Crippen LogP contribution in [0.3, 0.4) is 0 Å². The zero-order chi connectivity index (χ0) is 13.3. The van der Waals surface area contributed by atoms with E-state index in [0.29, 0.717) is 5.56 Å². The summed E-state index contributed by atoms with van der Waals surface area (Å²) in [6.45, 7) is 1.58. The van der Waals surface area contributed by atoms with Crippen molar-refractivity contribution in [1.29, 1.82) is 0 Å². The van der Waals surface area contributed by atoms with Gasteiger partial charge >= 0.3 is 5.97 Å². The topological polar surface area (TPSA) is 72.8 Å². The first kappa shape index (κ1) is 12.5. The van der Waals surface area contributed by atoms with E-state index in [1.807, 2.05) is 0 Å². The molecule has 0 atom stereocenters. The molecule has 2 rings (SSSR count). The minimum Gasteiger partial charge on any atom is -0.407 e. The van der Waals surface area contributed by atoms with E-state index in [9.17, 15) is 13.2 Å². The van der Waals surface area contributed by atoms with Crippen molar-refractivity contribution in [2.45, 2.75) is 11.8 Å². The maximum Gasteiger partial charge on any atom is 0.363 e. The van der Waals surface area contributed by atoms with Crippen LogP contribution in [0, 0.1) is 0 Å². The van der Waals surface area contributed by atoms with E-state index in [2.05, 4.69) is 4.99 Å². The summed E-state index contributed by atoms with van der Waals surface area (Å²) in [6.07, 6.45) is 2.62. The number of hydrogen-bond acceptors (Lipinski definition) is 5. The molecular weight excluding hydrogens is 254 g/mol. The van der Waals surface area contributed by atoms with E-state index in [4.69, 9.17) is 4.74 Å². The van der Waals surface area contributed by atoms with Gasteiger partial charge in [0.1, 0.15) is 0 Å². The van der Waals surface area contributed by atoms with Crippen molar-refractivity contribution in [3.05, 3.63) is 35.5 Å². The summed E-state index contributed by atoms with van der Waals surface area (Å²) in [6, 6.07) is 6.29. The lowest BCUT2D eigenvalue weighted by Crippen LogP contribution is -2.00. The summed E-state index contributed by atoms with van der Waals surface area (Å²) < 4.78 is 27.6. The molecule has 1 aliphatic heterocycles. The van der Waals surface area contributed by atoms with Crippen molar-refractivity contribution in [2.75, 3.05) is 6.26 Å². The fraction of sp³-hybridized carbons (Fsp3) is 0.167. The van der Waals surface area contributed by atoms with Crippen molar-refractivity contribution in [3.8, 4) is 0 Å².